The molecule has 2 unspecified atom stereocenters. The molecule has 3 saturated heterocycles. The molecule has 212 valence electrons. The first-order chi connectivity index (χ1) is 18.3. The van der Waals surface area contributed by atoms with Crippen molar-refractivity contribution in [3.8, 4) is 0 Å². The first-order valence-electron chi connectivity index (χ1n) is 14.7. The van der Waals surface area contributed by atoms with Crippen molar-refractivity contribution in [2.75, 3.05) is 26.2 Å². The topological polar surface area (TPSA) is 90.4 Å². The zero-order valence-corrected chi connectivity index (χ0v) is 23.6. The maximum Gasteiger partial charge on any atom is 0.248 e. The molecule has 1 saturated carbocycles. The number of hydrogen-bond donors (Lipinski definition) is 1. The van der Waals surface area contributed by atoms with Crippen LogP contribution in [0, 0.1) is 11.8 Å². The van der Waals surface area contributed by atoms with E-state index < -0.39 is 35.1 Å². The lowest BCUT2D eigenvalue weighted by atomic mass is 9.64. The van der Waals surface area contributed by atoms with Crippen LogP contribution in [-0.2, 0) is 19.1 Å². The quantitative estimate of drug-likeness (QED) is 0.392. The second kappa shape index (κ2) is 11.5. The molecule has 0 aromatic rings. The van der Waals surface area contributed by atoms with Crippen LogP contribution in [0.3, 0.4) is 0 Å². The van der Waals surface area contributed by atoms with Gasteiger partial charge in [0.1, 0.15) is 11.6 Å². The number of nitrogens with zero attached hydrogens (tertiary/aromatic N) is 3. The SMILES string of the molecule is C=CCN(CCC)C(=O)[C@@H]1[C@H]2C(=O)N([C@H](C)CO)C(C(=O)N(CC=C)C3CCCCC3)C23CC[C@@]1(CC)O3. The van der Waals surface area contributed by atoms with Gasteiger partial charge in [0.15, 0.2) is 0 Å². The first kappa shape index (κ1) is 28.8. The zero-order chi connectivity index (χ0) is 27.7. The molecule has 0 radical (unpaired) electrons. The third-order valence-corrected chi connectivity index (χ3v) is 9.64. The van der Waals surface area contributed by atoms with Gasteiger partial charge in [-0.15, -0.1) is 13.2 Å². The highest BCUT2D eigenvalue weighted by Gasteiger charge is 2.79. The lowest BCUT2D eigenvalue weighted by molar-refractivity contribution is -0.159. The maximum absolute atomic E-state index is 14.6. The average Bonchev–Trinajstić information content (AvgIpc) is 3.54. The summed E-state index contributed by atoms with van der Waals surface area (Å²) in [7, 11) is 0. The fraction of sp³-hybridized carbons (Fsp3) is 0.767. The van der Waals surface area contributed by atoms with Crippen molar-refractivity contribution < 1.29 is 24.2 Å². The van der Waals surface area contributed by atoms with E-state index in [-0.39, 0.29) is 30.4 Å². The number of carbonyl (C=O) groups excluding carboxylic acids is 3. The van der Waals surface area contributed by atoms with Gasteiger partial charge in [-0.2, -0.15) is 0 Å². The summed E-state index contributed by atoms with van der Waals surface area (Å²) in [6.45, 7) is 14.7. The number of rotatable bonds is 12. The molecule has 4 aliphatic rings. The van der Waals surface area contributed by atoms with Gasteiger partial charge in [-0.05, 0) is 45.4 Å². The van der Waals surface area contributed by atoms with Crippen molar-refractivity contribution in [1.82, 2.24) is 14.7 Å². The maximum atomic E-state index is 14.6. The van der Waals surface area contributed by atoms with Gasteiger partial charge in [-0.25, -0.2) is 0 Å². The summed E-state index contributed by atoms with van der Waals surface area (Å²) in [6, 6.07) is -1.34. The Morgan fingerprint density at radius 1 is 1.13 bits per heavy atom. The molecule has 0 aromatic heterocycles. The number of fused-ring (bicyclic) bond motifs is 1. The number of aliphatic hydroxyl groups is 1. The van der Waals surface area contributed by atoms with Gasteiger partial charge in [0.05, 0.1) is 30.1 Å². The van der Waals surface area contributed by atoms with Crippen LogP contribution < -0.4 is 0 Å². The normalized spacial score (nSPS) is 33.2. The van der Waals surface area contributed by atoms with E-state index in [1.54, 1.807) is 28.9 Å². The van der Waals surface area contributed by atoms with Crippen LogP contribution in [0.2, 0.25) is 0 Å². The number of hydrogen-bond acceptors (Lipinski definition) is 5. The van der Waals surface area contributed by atoms with Crippen molar-refractivity contribution in [1.29, 1.82) is 0 Å². The van der Waals surface area contributed by atoms with E-state index in [0.717, 1.165) is 32.1 Å². The lowest BCUT2D eigenvalue weighted by Gasteiger charge is -2.42. The predicted octanol–water partition coefficient (Wildman–Crippen LogP) is 3.29. The number of carbonyl (C=O) groups is 3. The van der Waals surface area contributed by atoms with E-state index in [4.69, 9.17) is 4.74 Å². The molecule has 6 atom stereocenters. The van der Waals surface area contributed by atoms with E-state index in [0.29, 0.717) is 38.9 Å². The summed E-state index contributed by atoms with van der Waals surface area (Å²) in [5.41, 5.74) is -1.85. The Balaban J connectivity index is 1.80. The summed E-state index contributed by atoms with van der Waals surface area (Å²) in [4.78, 5) is 48.2. The van der Waals surface area contributed by atoms with Crippen molar-refractivity contribution >= 4 is 17.7 Å². The van der Waals surface area contributed by atoms with Crippen LogP contribution in [0.15, 0.2) is 25.3 Å². The van der Waals surface area contributed by atoms with Crippen molar-refractivity contribution in [3.05, 3.63) is 25.3 Å². The van der Waals surface area contributed by atoms with Crippen LogP contribution in [0.4, 0.5) is 0 Å². The molecule has 1 aliphatic carbocycles. The molecule has 8 nitrogen and oxygen atoms in total. The van der Waals surface area contributed by atoms with Gasteiger partial charge in [-0.1, -0.05) is 45.3 Å². The predicted molar refractivity (Wildman–Crippen MR) is 146 cm³/mol. The van der Waals surface area contributed by atoms with Crippen molar-refractivity contribution in [2.45, 2.75) is 108 Å². The van der Waals surface area contributed by atoms with Crippen LogP contribution >= 0.6 is 0 Å². The van der Waals surface area contributed by atoms with E-state index in [2.05, 4.69) is 13.2 Å². The molecule has 38 heavy (non-hydrogen) atoms. The van der Waals surface area contributed by atoms with Gasteiger partial charge in [0.25, 0.3) is 0 Å². The number of ether oxygens (including phenoxy) is 1. The van der Waals surface area contributed by atoms with Gasteiger partial charge < -0.3 is 24.5 Å². The highest BCUT2D eigenvalue weighted by atomic mass is 16.5. The molecular formula is C30H47N3O5. The summed E-state index contributed by atoms with van der Waals surface area (Å²) in [5, 5.41) is 10.2. The standard InChI is InChI=1S/C30H47N3O5/c1-6-17-31(18-7-2)26(35)23-24-27(36)33(21(5)20-34)25(30(24)16-15-29(23,9-4)38-30)28(37)32(19-8-3)22-13-11-10-12-14-22/h6,8,21-25,34H,1,3,7,9-20H2,2,4-5H3/t21-,23+,24+,25?,29-,30?/m1/s1. The van der Waals surface area contributed by atoms with Gasteiger partial charge in [-0.3, -0.25) is 14.4 Å². The molecule has 3 amide bonds. The third kappa shape index (κ3) is 4.41. The largest absolute Gasteiger partial charge is 0.394 e. The molecule has 1 spiro atoms. The molecule has 2 bridgehead atoms. The average molecular weight is 530 g/mol. The zero-order valence-electron chi connectivity index (χ0n) is 23.6. The molecule has 0 aromatic carbocycles. The highest BCUT2D eigenvalue weighted by molar-refractivity contribution is 5.99. The summed E-state index contributed by atoms with van der Waals surface area (Å²) >= 11 is 0. The second-order valence-corrected chi connectivity index (χ2v) is 11.8. The minimum absolute atomic E-state index is 0.0894. The van der Waals surface area contributed by atoms with E-state index >= 15 is 0 Å². The summed E-state index contributed by atoms with van der Waals surface area (Å²) in [6.07, 6.45) is 11.2. The third-order valence-electron chi connectivity index (χ3n) is 9.64. The Morgan fingerprint density at radius 2 is 1.82 bits per heavy atom. The smallest absolute Gasteiger partial charge is 0.248 e. The molecule has 8 heteroatoms. The lowest BCUT2D eigenvalue weighted by Crippen LogP contribution is -2.60. The molecule has 1 N–H and O–H groups in total. The summed E-state index contributed by atoms with van der Waals surface area (Å²) in [5.74, 6) is -1.87. The molecule has 4 fully saturated rings. The number of likely N-dealkylation sites (tertiary alicyclic amines) is 1. The Bertz CT molecular complexity index is 933. The fourth-order valence-electron chi connectivity index (χ4n) is 7.89. The minimum atomic E-state index is -1.08. The second-order valence-electron chi connectivity index (χ2n) is 11.8. The van der Waals surface area contributed by atoms with Crippen molar-refractivity contribution in [2.24, 2.45) is 11.8 Å². The van der Waals surface area contributed by atoms with E-state index in [9.17, 15) is 19.5 Å². The van der Waals surface area contributed by atoms with Crippen LogP contribution in [-0.4, -0.2) is 93.1 Å². The fourth-order valence-corrected chi connectivity index (χ4v) is 7.89. The summed E-state index contributed by atoms with van der Waals surface area (Å²) < 4.78 is 6.91. The van der Waals surface area contributed by atoms with Crippen molar-refractivity contribution in [3.63, 3.8) is 0 Å². The minimum Gasteiger partial charge on any atom is -0.394 e. The van der Waals surface area contributed by atoms with Gasteiger partial charge >= 0.3 is 0 Å². The number of aliphatic hydroxyl groups excluding tert-OH is 1. The first-order valence-corrected chi connectivity index (χ1v) is 14.7. The highest BCUT2D eigenvalue weighted by Crippen LogP contribution is 2.65. The monoisotopic (exact) mass is 529 g/mol. The molecule has 3 aliphatic heterocycles. The molecule has 4 rings (SSSR count). The van der Waals surface area contributed by atoms with E-state index in [1.807, 2.05) is 18.7 Å². The van der Waals surface area contributed by atoms with Crippen LogP contribution in [0.5, 0.6) is 0 Å². The van der Waals surface area contributed by atoms with Gasteiger partial charge in [0.2, 0.25) is 17.7 Å². The Labute approximate surface area is 228 Å². The molecular weight excluding hydrogens is 482 g/mol. The van der Waals surface area contributed by atoms with E-state index in [1.165, 1.54) is 6.42 Å². The van der Waals surface area contributed by atoms with Gasteiger partial charge in [0, 0.05) is 25.7 Å². The van der Waals surface area contributed by atoms with Crippen LogP contribution in [0.25, 0.3) is 0 Å². The van der Waals surface area contributed by atoms with Crippen LogP contribution in [0.1, 0.15) is 78.6 Å². The molecule has 3 heterocycles. The number of amides is 3. The Hall–Kier alpha value is -2.19. The Morgan fingerprint density at radius 3 is 2.39 bits per heavy atom. The Kier molecular flexibility index (Phi) is 8.72.